The number of methoxy groups -OCH3 is 1. The minimum Gasteiger partial charge on any atom is -0.493 e. The fourth-order valence-electron chi connectivity index (χ4n) is 2.50. The van der Waals surface area contributed by atoms with E-state index in [4.69, 9.17) is 15.2 Å². The van der Waals surface area contributed by atoms with Gasteiger partial charge in [-0.3, -0.25) is 0 Å². The van der Waals surface area contributed by atoms with Crippen LogP contribution in [0, 0.1) is 0 Å². The van der Waals surface area contributed by atoms with Gasteiger partial charge in [-0.05, 0) is 49.1 Å². The van der Waals surface area contributed by atoms with Gasteiger partial charge in [0.1, 0.15) is 0 Å². The number of hydrogen-bond donors (Lipinski definition) is 1. The number of thiazole rings is 1. The predicted octanol–water partition coefficient (Wildman–Crippen LogP) is 4.77. The lowest BCUT2D eigenvalue weighted by Crippen LogP contribution is -2.19. The second-order valence-electron chi connectivity index (χ2n) is 5.74. The highest BCUT2D eigenvalue weighted by molar-refractivity contribution is 7.20. The van der Waals surface area contributed by atoms with E-state index >= 15 is 0 Å². The van der Waals surface area contributed by atoms with Gasteiger partial charge in [-0.15, -0.1) is 0 Å². The summed E-state index contributed by atoms with van der Waals surface area (Å²) in [4.78, 5) is 4.50. The highest BCUT2D eigenvalue weighted by atomic mass is 32.1. The molecule has 1 aromatic heterocycles. The summed E-state index contributed by atoms with van der Waals surface area (Å²) in [6, 6.07) is 14.3. The van der Waals surface area contributed by atoms with Crippen molar-refractivity contribution >= 4 is 21.6 Å². The zero-order valence-electron chi connectivity index (χ0n) is 14.0. The topological polar surface area (TPSA) is 57.4 Å². The Labute approximate surface area is 146 Å². The Balaban J connectivity index is 1.77. The van der Waals surface area contributed by atoms with Gasteiger partial charge in [0, 0.05) is 6.04 Å². The monoisotopic (exact) mass is 342 g/mol. The quantitative estimate of drug-likeness (QED) is 0.672. The lowest BCUT2D eigenvalue weighted by molar-refractivity contribution is 0.377. The van der Waals surface area contributed by atoms with Crippen LogP contribution in [0.3, 0.4) is 0 Å². The third kappa shape index (κ3) is 3.86. The minimum atomic E-state index is 0.245. The van der Waals surface area contributed by atoms with E-state index in [0.29, 0.717) is 10.9 Å². The number of aryl methyl sites for hydroxylation is 1. The van der Waals surface area contributed by atoms with Crippen LogP contribution in [0.5, 0.6) is 16.7 Å². The molecule has 1 heterocycles. The highest BCUT2D eigenvalue weighted by Gasteiger charge is 2.11. The van der Waals surface area contributed by atoms with E-state index in [9.17, 15) is 0 Å². The van der Waals surface area contributed by atoms with E-state index < -0.39 is 0 Å². The van der Waals surface area contributed by atoms with Crippen LogP contribution in [-0.2, 0) is 6.42 Å². The van der Waals surface area contributed by atoms with Crippen molar-refractivity contribution in [3.05, 3.63) is 48.0 Å². The van der Waals surface area contributed by atoms with Crippen LogP contribution in [0.1, 0.15) is 25.3 Å². The van der Waals surface area contributed by atoms with E-state index in [2.05, 4.69) is 18.0 Å². The molecule has 2 N–H and O–H groups in total. The molecule has 0 radical (unpaired) electrons. The van der Waals surface area contributed by atoms with Gasteiger partial charge < -0.3 is 15.2 Å². The summed E-state index contributed by atoms with van der Waals surface area (Å²) < 4.78 is 12.5. The number of aromatic nitrogens is 1. The fourth-order valence-corrected chi connectivity index (χ4v) is 3.33. The number of nitrogens with zero attached hydrogens (tertiary/aromatic N) is 1. The first kappa shape index (κ1) is 16.7. The molecule has 0 aliphatic rings. The number of ether oxygens (including phenoxy) is 2. The van der Waals surface area contributed by atoms with Crippen molar-refractivity contribution in [3.63, 3.8) is 0 Å². The van der Waals surface area contributed by atoms with Gasteiger partial charge in [0.25, 0.3) is 5.19 Å². The number of para-hydroxylation sites is 1. The lowest BCUT2D eigenvalue weighted by Gasteiger charge is -2.12. The zero-order valence-corrected chi connectivity index (χ0v) is 14.8. The second kappa shape index (κ2) is 7.64. The average Bonchev–Trinajstić information content (AvgIpc) is 3.02. The maximum absolute atomic E-state index is 6.00. The Morgan fingerprint density at radius 2 is 2.00 bits per heavy atom. The van der Waals surface area contributed by atoms with Gasteiger partial charge in [-0.2, -0.15) is 0 Å². The predicted molar refractivity (Wildman–Crippen MR) is 99.3 cm³/mol. The summed E-state index contributed by atoms with van der Waals surface area (Å²) in [5, 5.41) is 0.621. The maximum Gasteiger partial charge on any atom is 0.279 e. The molecule has 1 unspecified atom stereocenters. The molecule has 2 aromatic carbocycles. The van der Waals surface area contributed by atoms with Crippen molar-refractivity contribution in [2.24, 2.45) is 5.73 Å². The van der Waals surface area contributed by atoms with Crippen molar-refractivity contribution in [3.8, 4) is 16.7 Å². The molecule has 4 nitrogen and oxygen atoms in total. The molecular formula is C19H22N2O2S. The first-order valence-corrected chi connectivity index (χ1v) is 8.97. The van der Waals surface area contributed by atoms with Crippen LogP contribution < -0.4 is 15.2 Å². The van der Waals surface area contributed by atoms with Crippen molar-refractivity contribution in [2.45, 2.75) is 32.2 Å². The Hall–Kier alpha value is -2.11. The number of benzene rings is 2. The Morgan fingerprint density at radius 1 is 1.17 bits per heavy atom. The molecule has 126 valence electrons. The molecule has 0 bridgehead atoms. The standard InChI is InChI=1S/C19H22N2O2S/c1-3-14(20)10-8-13-9-11-16(17(12-13)22-2)23-19-21-15-6-4-5-7-18(15)24-19/h4-7,9,11-12,14H,3,8,10,20H2,1-2H3. The minimum absolute atomic E-state index is 0.245. The van der Waals surface area contributed by atoms with Crippen LogP contribution in [0.15, 0.2) is 42.5 Å². The molecule has 24 heavy (non-hydrogen) atoms. The average molecular weight is 342 g/mol. The number of fused-ring (bicyclic) bond motifs is 1. The highest BCUT2D eigenvalue weighted by Crippen LogP contribution is 2.36. The summed E-state index contributed by atoms with van der Waals surface area (Å²) in [7, 11) is 1.65. The van der Waals surface area contributed by atoms with Crippen molar-refractivity contribution in [1.82, 2.24) is 4.98 Å². The molecule has 3 rings (SSSR count). The molecule has 5 heteroatoms. The van der Waals surface area contributed by atoms with E-state index in [0.717, 1.165) is 35.2 Å². The fraction of sp³-hybridized carbons (Fsp3) is 0.316. The Morgan fingerprint density at radius 3 is 2.75 bits per heavy atom. The molecule has 0 aliphatic carbocycles. The van der Waals surface area contributed by atoms with E-state index in [1.807, 2.05) is 36.4 Å². The van der Waals surface area contributed by atoms with Crippen LogP contribution in [0.4, 0.5) is 0 Å². The van der Waals surface area contributed by atoms with Gasteiger partial charge in [0.2, 0.25) is 0 Å². The first-order chi connectivity index (χ1) is 11.7. The third-order valence-corrected chi connectivity index (χ3v) is 4.94. The number of rotatable bonds is 7. The van der Waals surface area contributed by atoms with Crippen LogP contribution in [-0.4, -0.2) is 18.1 Å². The normalized spacial score (nSPS) is 12.3. The summed E-state index contributed by atoms with van der Waals surface area (Å²) in [6.07, 6.45) is 2.90. The smallest absolute Gasteiger partial charge is 0.279 e. The van der Waals surface area contributed by atoms with Crippen LogP contribution >= 0.6 is 11.3 Å². The largest absolute Gasteiger partial charge is 0.493 e. The first-order valence-electron chi connectivity index (χ1n) is 8.15. The Bertz CT molecular complexity index is 783. The van der Waals surface area contributed by atoms with Crippen molar-refractivity contribution in [2.75, 3.05) is 7.11 Å². The summed E-state index contributed by atoms with van der Waals surface area (Å²) in [5.41, 5.74) is 8.14. The summed E-state index contributed by atoms with van der Waals surface area (Å²) in [6.45, 7) is 2.11. The molecule has 0 spiro atoms. The molecule has 0 amide bonds. The molecule has 0 fully saturated rings. The molecule has 0 saturated carbocycles. The van der Waals surface area contributed by atoms with Crippen LogP contribution in [0.25, 0.3) is 10.2 Å². The maximum atomic E-state index is 6.00. The summed E-state index contributed by atoms with van der Waals surface area (Å²) >= 11 is 1.53. The molecule has 0 saturated heterocycles. The number of hydrogen-bond acceptors (Lipinski definition) is 5. The molecule has 0 aliphatic heterocycles. The van der Waals surface area contributed by atoms with Crippen molar-refractivity contribution < 1.29 is 9.47 Å². The second-order valence-corrected chi connectivity index (χ2v) is 6.73. The van der Waals surface area contributed by atoms with Gasteiger partial charge in [0.05, 0.1) is 17.3 Å². The third-order valence-electron chi connectivity index (χ3n) is 4.03. The van der Waals surface area contributed by atoms with Crippen molar-refractivity contribution in [1.29, 1.82) is 0 Å². The summed E-state index contributed by atoms with van der Waals surface area (Å²) in [5.74, 6) is 1.40. The molecule has 1 atom stereocenters. The molecular weight excluding hydrogens is 320 g/mol. The van der Waals surface area contributed by atoms with Gasteiger partial charge >= 0.3 is 0 Å². The van der Waals surface area contributed by atoms with Gasteiger partial charge in [-0.1, -0.05) is 36.5 Å². The number of nitrogens with two attached hydrogens (primary N) is 1. The molecule has 3 aromatic rings. The lowest BCUT2D eigenvalue weighted by atomic mass is 10.0. The SMILES string of the molecule is CCC(N)CCc1ccc(Oc2nc3ccccc3s2)c(OC)c1. The van der Waals surface area contributed by atoms with Gasteiger partial charge in [-0.25, -0.2) is 4.98 Å². The van der Waals surface area contributed by atoms with Crippen LogP contribution in [0.2, 0.25) is 0 Å². The van der Waals surface area contributed by atoms with Gasteiger partial charge in [0.15, 0.2) is 11.5 Å². The Kier molecular flexibility index (Phi) is 5.33. The zero-order chi connectivity index (χ0) is 16.9. The van der Waals surface area contributed by atoms with E-state index in [-0.39, 0.29) is 6.04 Å². The van der Waals surface area contributed by atoms with E-state index in [1.165, 1.54) is 16.9 Å². The van der Waals surface area contributed by atoms with E-state index in [1.54, 1.807) is 7.11 Å².